The number of ether oxygens (including phenoxy) is 4. The van der Waals surface area contributed by atoms with E-state index in [-0.39, 0.29) is 6.61 Å². The van der Waals surface area contributed by atoms with Crippen LogP contribution in [0.2, 0.25) is 0 Å². The molecule has 0 spiro atoms. The highest BCUT2D eigenvalue weighted by Crippen LogP contribution is 2.43. The van der Waals surface area contributed by atoms with Gasteiger partial charge in [0.15, 0.2) is 11.5 Å². The highest BCUT2D eigenvalue weighted by molar-refractivity contribution is 6.01. The second-order valence-electron chi connectivity index (χ2n) is 5.92. The summed E-state index contributed by atoms with van der Waals surface area (Å²) in [6, 6.07) is 13.7. The molecule has 0 unspecified atom stereocenters. The van der Waals surface area contributed by atoms with Gasteiger partial charge in [-0.1, -0.05) is 30.0 Å². The molecule has 1 N–H and O–H groups in total. The Morgan fingerprint density at radius 3 is 2.04 bits per heavy atom. The van der Waals surface area contributed by atoms with Crippen molar-refractivity contribution in [1.29, 1.82) is 0 Å². The summed E-state index contributed by atoms with van der Waals surface area (Å²) < 4.78 is 21.9. The largest absolute Gasteiger partial charge is 0.495 e. The summed E-state index contributed by atoms with van der Waals surface area (Å²) in [5.41, 5.74) is 2.65. The summed E-state index contributed by atoms with van der Waals surface area (Å²) >= 11 is 0. The Hall–Kier alpha value is -3.36. The maximum absolute atomic E-state index is 9.11. The Morgan fingerprint density at radius 2 is 1.46 bits per heavy atom. The Balaban J connectivity index is 2.31. The smallest absolute Gasteiger partial charge is 0.203 e. The Kier molecular flexibility index (Phi) is 5.93. The minimum Gasteiger partial charge on any atom is -0.495 e. The molecule has 0 bridgehead atoms. The van der Waals surface area contributed by atoms with E-state index in [4.69, 9.17) is 24.1 Å². The van der Waals surface area contributed by atoms with Gasteiger partial charge in [0, 0.05) is 5.39 Å². The third kappa shape index (κ3) is 3.42. The fraction of sp³-hybridized carbons (Fsp3) is 0.217. The molecule has 0 heterocycles. The number of benzene rings is 3. The zero-order chi connectivity index (χ0) is 20.1. The van der Waals surface area contributed by atoms with Gasteiger partial charge >= 0.3 is 0 Å². The number of hydrogen-bond donors (Lipinski definition) is 1. The maximum Gasteiger partial charge on any atom is 0.203 e. The van der Waals surface area contributed by atoms with Gasteiger partial charge in [0.2, 0.25) is 5.75 Å². The molecule has 0 amide bonds. The van der Waals surface area contributed by atoms with Crippen LogP contribution in [0.15, 0.2) is 42.5 Å². The summed E-state index contributed by atoms with van der Waals surface area (Å²) in [7, 11) is 6.37. The van der Waals surface area contributed by atoms with Crippen LogP contribution < -0.4 is 18.9 Å². The predicted octanol–water partition coefficient (Wildman–Crippen LogP) is 3.89. The highest BCUT2D eigenvalue weighted by atomic mass is 16.5. The van der Waals surface area contributed by atoms with Crippen molar-refractivity contribution in [2.24, 2.45) is 0 Å². The van der Waals surface area contributed by atoms with Gasteiger partial charge in [-0.25, -0.2) is 0 Å². The summed E-state index contributed by atoms with van der Waals surface area (Å²) in [6.07, 6.45) is 0. The predicted molar refractivity (Wildman–Crippen MR) is 110 cm³/mol. The summed E-state index contributed by atoms with van der Waals surface area (Å²) in [4.78, 5) is 0. The lowest BCUT2D eigenvalue weighted by Gasteiger charge is -2.16. The Labute approximate surface area is 164 Å². The zero-order valence-electron chi connectivity index (χ0n) is 16.3. The lowest BCUT2D eigenvalue weighted by atomic mass is 9.94. The van der Waals surface area contributed by atoms with E-state index in [9.17, 15) is 0 Å². The lowest BCUT2D eigenvalue weighted by Crippen LogP contribution is -1.96. The second kappa shape index (κ2) is 8.55. The molecule has 5 heteroatoms. The van der Waals surface area contributed by atoms with Crippen LogP contribution in [0, 0.1) is 11.8 Å². The zero-order valence-corrected chi connectivity index (χ0v) is 16.3. The van der Waals surface area contributed by atoms with Gasteiger partial charge in [0.25, 0.3) is 0 Å². The minimum absolute atomic E-state index is 0.216. The fourth-order valence-corrected chi connectivity index (χ4v) is 3.25. The van der Waals surface area contributed by atoms with Crippen LogP contribution in [0.25, 0.3) is 21.9 Å². The van der Waals surface area contributed by atoms with Crippen LogP contribution in [-0.2, 0) is 0 Å². The van der Waals surface area contributed by atoms with Crippen molar-refractivity contribution in [3.8, 4) is 46.0 Å². The van der Waals surface area contributed by atoms with E-state index >= 15 is 0 Å². The van der Waals surface area contributed by atoms with E-state index in [2.05, 4.69) is 11.8 Å². The third-order valence-electron chi connectivity index (χ3n) is 4.51. The van der Waals surface area contributed by atoms with E-state index in [0.29, 0.717) is 23.0 Å². The first-order chi connectivity index (χ1) is 13.7. The molecule has 3 aromatic rings. The van der Waals surface area contributed by atoms with Crippen molar-refractivity contribution in [3.63, 3.8) is 0 Å². The van der Waals surface area contributed by atoms with Crippen molar-refractivity contribution in [1.82, 2.24) is 0 Å². The van der Waals surface area contributed by atoms with Crippen LogP contribution in [-0.4, -0.2) is 40.2 Å². The molecule has 5 nitrogen and oxygen atoms in total. The SMILES string of the molecule is COc1cc(-c2cccc3c(C#CCO)c(OC)ccc23)cc(OC)c1OC. The van der Waals surface area contributed by atoms with E-state index in [1.807, 2.05) is 42.5 Å². The standard InChI is InChI=1S/C23H22O5/c1-25-20-11-10-18-16(7-5-8-17(18)19(20)9-6-12-24)15-13-21(26-2)23(28-4)22(14-15)27-3/h5,7-8,10-11,13-14,24H,12H2,1-4H3. The highest BCUT2D eigenvalue weighted by Gasteiger charge is 2.16. The Morgan fingerprint density at radius 1 is 0.786 bits per heavy atom. The first-order valence-electron chi connectivity index (χ1n) is 8.68. The first kappa shape index (κ1) is 19.4. The fourth-order valence-electron chi connectivity index (χ4n) is 3.25. The molecule has 144 valence electrons. The van der Waals surface area contributed by atoms with Gasteiger partial charge in [0.05, 0.1) is 34.0 Å². The van der Waals surface area contributed by atoms with Crippen LogP contribution in [0.4, 0.5) is 0 Å². The molecule has 0 saturated carbocycles. The lowest BCUT2D eigenvalue weighted by molar-refractivity contribution is 0.324. The number of hydrogen-bond acceptors (Lipinski definition) is 5. The van der Waals surface area contributed by atoms with Gasteiger partial charge in [-0.3, -0.25) is 0 Å². The van der Waals surface area contributed by atoms with Crippen LogP contribution in [0.1, 0.15) is 5.56 Å². The van der Waals surface area contributed by atoms with Gasteiger partial charge in [-0.2, -0.15) is 0 Å². The molecule has 0 aliphatic carbocycles. The molecule has 0 saturated heterocycles. The molecular formula is C23H22O5. The summed E-state index contributed by atoms with van der Waals surface area (Å²) in [6.45, 7) is -0.216. The molecule has 3 aromatic carbocycles. The number of aliphatic hydroxyl groups is 1. The quantitative estimate of drug-likeness (QED) is 0.683. The summed E-state index contributed by atoms with van der Waals surface area (Å²) in [5.74, 6) is 8.10. The van der Waals surface area contributed by atoms with Gasteiger partial charge in [-0.15, -0.1) is 0 Å². The number of fused-ring (bicyclic) bond motifs is 1. The molecule has 0 aliphatic rings. The van der Waals surface area contributed by atoms with Crippen molar-refractivity contribution in [3.05, 3.63) is 48.0 Å². The van der Waals surface area contributed by atoms with E-state index in [1.165, 1.54) is 0 Å². The van der Waals surface area contributed by atoms with Gasteiger partial charge in [-0.05, 0) is 40.8 Å². The monoisotopic (exact) mass is 378 g/mol. The molecule has 0 radical (unpaired) electrons. The first-order valence-corrected chi connectivity index (χ1v) is 8.68. The van der Waals surface area contributed by atoms with Crippen LogP contribution >= 0.6 is 0 Å². The normalized spacial score (nSPS) is 10.2. The molecule has 0 fully saturated rings. The van der Waals surface area contributed by atoms with Crippen molar-refractivity contribution in [2.45, 2.75) is 0 Å². The van der Waals surface area contributed by atoms with Crippen LogP contribution in [0.3, 0.4) is 0 Å². The van der Waals surface area contributed by atoms with E-state index in [1.54, 1.807) is 28.4 Å². The third-order valence-corrected chi connectivity index (χ3v) is 4.51. The van der Waals surface area contributed by atoms with E-state index in [0.717, 1.165) is 27.5 Å². The molecule has 28 heavy (non-hydrogen) atoms. The second-order valence-corrected chi connectivity index (χ2v) is 5.92. The minimum atomic E-state index is -0.216. The van der Waals surface area contributed by atoms with Gasteiger partial charge in [0.1, 0.15) is 12.4 Å². The van der Waals surface area contributed by atoms with Gasteiger partial charge < -0.3 is 24.1 Å². The molecule has 3 rings (SSSR count). The van der Waals surface area contributed by atoms with E-state index < -0.39 is 0 Å². The van der Waals surface area contributed by atoms with Crippen molar-refractivity contribution >= 4 is 10.8 Å². The average molecular weight is 378 g/mol. The number of rotatable bonds is 5. The molecule has 0 atom stereocenters. The van der Waals surface area contributed by atoms with Crippen molar-refractivity contribution in [2.75, 3.05) is 35.0 Å². The van der Waals surface area contributed by atoms with Crippen LogP contribution in [0.5, 0.6) is 23.0 Å². The molecule has 0 aliphatic heterocycles. The van der Waals surface area contributed by atoms with Crippen molar-refractivity contribution < 1.29 is 24.1 Å². The summed E-state index contributed by atoms with van der Waals surface area (Å²) in [5, 5.41) is 11.0. The maximum atomic E-state index is 9.11. The number of methoxy groups -OCH3 is 4. The average Bonchev–Trinajstić information content (AvgIpc) is 2.75. The number of aliphatic hydroxyl groups excluding tert-OH is 1. The molecule has 0 aromatic heterocycles. The Bertz CT molecular complexity index is 1030. The topological polar surface area (TPSA) is 57.2 Å². The molecular weight excluding hydrogens is 356 g/mol.